The predicted octanol–water partition coefficient (Wildman–Crippen LogP) is 35.1. The number of hydrogen-bond donors (Lipinski definition) is 0. The maximum absolute atomic E-state index is 6.20. The Morgan fingerprint density at radius 1 is 0.150 bits per heavy atom. The van der Waals surface area contributed by atoms with Gasteiger partial charge in [-0.3, -0.25) is 14.7 Å². The zero-order chi connectivity index (χ0) is 92.8. The summed E-state index contributed by atoms with van der Waals surface area (Å²) in [5.41, 5.74) is 31.4. The molecule has 0 fully saturated rings. The summed E-state index contributed by atoms with van der Waals surface area (Å²) in [6, 6.07) is 179. The minimum Gasteiger partial charge on any atom is -0.456 e. The Morgan fingerprint density at radius 3 is 0.743 bits per heavy atom. The zero-order valence-electron chi connectivity index (χ0n) is 76.1. The van der Waals surface area contributed by atoms with Crippen LogP contribution in [0, 0.1) is 0 Å². The third-order valence-corrected chi connectivity index (χ3v) is 26.7. The molecule has 140 heavy (non-hydrogen) atoms. The third-order valence-electron chi connectivity index (χ3n) is 26.7. The number of aromatic nitrogens is 6. The Hall–Kier alpha value is -19.0. The fourth-order valence-electron chi connectivity index (χ4n) is 20.1. The van der Waals surface area contributed by atoms with Crippen molar-refractivity contribution in [2.24, 2.45) is 0 Å². The van der Waals surface area contributed by atoms with E-state index in [2.05, 4.69) is 496 Å². The van der Waals surface area contributed by atoms with Gasteiger partial charge in [0.25, 0.3) is 0 Å². The number of fused-ring (bicyclic) bond motifs is 15. The molecule has 0 radical (unpaired) electrons. The highest BCUT2D eigenvalue weighted by atomic mass is 16.3. The molecule has 0 atom stereocenters. The van der Waals surface area contributed by atoms with Gasteiger partial charge in [-0.15, -0.1) is 0 Å². The molecule has 0 unspecified atom stereocenters. The standard InChI is InChI=1S/C47H31N3O.C41H27N3O.C41H29N3/c1-3-11-32(12-4-1)34-19-22-36(23-20-34)49(47-28-21-35(31-48-47)33-13-5-2-6-14-33)38-24-26-40-39-15-7-9-17-43(39)50(44(40)30-38)37-25-27-46-42(29-37)41-16-8-10-18-45(41)51-46;1-3-11-28(12-4-1)29-19-24-41(42-27-29)43(31-21-23-40-36(25-31)35-16-8-10-18-39(35)45-40)32-20-22-34-33-15-7-9-17-37(33)44(38(34)26-32)30-13-5-2-6-14-30;1-4-12-30(13-5-1)32-20-23-35(24-21-32)43(41-27-22-33(29-42-41)31-14-6-2-7-15-31)36-25-26-38-37-18-10-11-19-39(37)44(40(38)28-36)34-16-8-3-9-17-34/h1-31H;1-27H;1-29H. The quantitative estimate of drug-likeness (QED) is 0.0891. The molecular weight excluding hydrogens is 1710 g/mol. The maximum Gasteiger partial charge on any atom is 0.137 e. The second-order valence-electron chi connectivity index (χ2n) is 35.0. The minimum atomic E-state index is 0.837. The van der Waals surface area contributed by atoms with Crippen molar-refractivity contribution in [2.45, 2.75) is 0 Å². The Bertz CT molecular complexity index is 9030. The molecule has 660 valence electrons. The molecule has 19 aromatic carbocycles. The Balaban J connectivity index is 0.000000111. The van der Waals surface area contributed by atoms with Crippen LogP contribution in [0.25, 0.3) is 182 Å². The van der Waals surface area contributed by atoms with Crippen molar-refractivity contribution >= 4 is 161 Å². The average Bonchev–Trinajstić information content (AvgIpc) is 1.60. The largest absolute Gasteiger partial charge is 0.456 e. The van der Waals surface area contributed by atoms with Crippen LogP contribution in [0.2, 0.25) is 0 Å². The first-order chi connectivity index (χ1) is 69.4. The summed E-state index contributed by atoms with van der Waals surface area (Å²) in [6.45, 7) is 0. The molecule has 0 aliphatic rings. The van der Waals surface area contributed by atoms with Crippen LogP contribution in [0.1, 0.15) is 0 Å². The van der Waals surface area contributed by atoms with Gasteiger partial charge >= 0.3 is 0 Å². The number of pyridine rings is 3. The van der Waals surface area contributed by atoms with Gasteiger partial charge in [-0.1, -0.05) is 322 Å². The molecule has 27 rings (SSSR count). The third kappa shape index (κ3) is 15.5. The van der Waals surface area contributed by atoms with Crippen molar-refractivity contribution in [3.05, 3.63) is 528 Å². The highest BCUT2D eigenvalue weighted by molar-refractivity contribution is 6.15. The van der Waals surface area contributed by atoms with Crippen molar-refractivity contribution in [1.29, 1.82) is 0 Å². The maximum atomic E-state index is 6.20. The summed E-state index contributed by atoms with van der Waals surface area (Å²) in [6.07, 6.45) is 5.90. The van der Waals surface area contributed by atoms with Gasteiger partial charge in [-0.2, -0.15) is 0 Å². The van der Waals surface area contributed by atoms with Gasteiger partial charge < -0.3 is 22.5 Å². The van der Waals surface area contributed by atoms with E-state index in [0.717, 1.165) is 168 Å². The molecule has 0 bridgehead atoms. The van der Waals surface area contributed by atoms with Crippen molar-refractivity contribution in [1.82, 2.24) is 28.7 Å². The summed E-state index contributed by atoms with van der Waals surface area (Å²) in [4.78, 5) is 21.8. The van der Waals surface area contributed by atoms with Gasteiger partial charge in [-0.05, 0) is 227 Å². The highest BCUT2D eigenvalue weighted by Gasteiger charge is 2.26. The van der Waals surface area contributed by atoms with Crippen molar-refractivity contribution < 1.29 is 8.83 Å². The number of nitrogens with zero attached hydrogens (tertiary/aromatic N) is 9. The molecule has 8 heterocycles. The number of hydrogen-bond acceptors (Lipinski definition) is 8. The smallest absolute Gasteiger partial charge is 0.137 e. The van der Waals surface area contributed by atoms with Gasteiger partial charge in [0, 0.05) is 140 Å². The molecule has 0 saturated carbocycles. The highest BCUT2D eigenvalue weighted by Crippen LogP contribution is 2.47. The summed E-state index contributed by atoms with van der Waals surface area (Å²) in [5, 5.41) is 11.7. The van der Waals surface area contributed by atoms with E-state index in [1.807, 2.05) is 61.1 Å². The van der Waals surface area contributed by atoms with Crippen molar-refractivity contribution in [2.75, 3.05) is 14.7 Å². The van der Waals surface area contributed by atoms with Gasteiger partial charge in [0.2, 0.25) is 0 Å². The second kappa shape index (κ2) is 36.1. The molecule has 8 aromatic heterocycles. The molecule has 11 nitrogen and oxygen atoms in total. The van der Waals surface area contributed by atoms with Crippen LogP contribution >= 0.6 is 0 Å². The Morgan fingerprint density at radius 2 is 0.393 bits per heavy atom. The molecule has 27 aromatic rings. The lowest BCUT2D eigenvalue weighted by molar-refractivity contribution is 0.668. The van der Waals surface area contributed by atoms with Crippen molar-refractivity contribution in [3.63, 3.8) is 0 Å². The van der Waals surface area contributed by atoms with Crippen LogP contribution < -0.4 is 14.7 Å². The lowest BCUT2D eigenvalue weighted by Crippen LogP contribution is -2.11. The summed E-state index contributed by atoms with van der Waals surface area (Å²) < 4.78 is 19.5. The van der Waals surface area contributed by atoms with E-state index in [9.17, 15) is 0 Å². The van der Waals surface area contributed by atoms with Gasteiger partial charge in [0.1, 0.15) is 39.8 Å². The van der Waals surface area contributed by atoms with E-state index in [0.29, 0.717) is 0 Å². The molecule has 0 saturated heterocycles. The zero-order valence-corrected chi connectivity index (χ0v) is 76.1. The van der Waals surface area contributed by atoms with E-state index in [1.54, 1.807) is 0 Å². The van der Waals surface area contributed by atoms with E-state index in [1.165, 1.54) is 65.6 Å². The fourth-order valence-corrected chi connectivity index (χ4v) is 20.1. The van der Waals surface area contributed by atoms with Gasteiger partial charge in [-0.25, -0.2) is 15.0 Å². The lowest BCUT2D eigenvalue weighted by atomic mass is 10.0. The first-order valence-corrected chi connectivity index (χ1v) is 47.2. The fraction of sp³-hybridized carbons (Fsp3) is 0. The Labute approximate surface area is 808 Å². The minimum absolute atomic E-state index is 0.837. The first-order valence-electron chi connectivity index (χ1n) is 47.2. The SMILES string of the molecule is c1ccc(-c2ccc(N(c3ccc4c5ccccc5n(-c5ccc6oc7ccccc7c6c5)c4c3)c3ccc(-c4ccccc4)cn3)cc2)cc1.c1ccc(-c2ccc(N(c3ccc4c5ccccc5n(-c5ccccc5)c4c3)c3ccc(-c4ccccc4)cn3)cc2)cc1.c1ccc(-c2ccc(N(c3ccc4oc5ccccc5c4c3)c3ccc4c5ccccc5n(-c5ccccc5)c4c3)nc2)cc1. The van der Waals surface area contributed by atoms with Crippen LogP contribution in [0.5, 0.6) is 0 Å². The summed E-state index contributed by atoms with van der Waals surface area (Å²) in [7, 11) is 0. The molecule has 0 amide bonds. The topological polar surface area (TPSA) is 89.5 Å². The monoisotopic (exact) mass is 1790 g/mol. The average molecular weight is 1800 g/mol. The number of rotatable bonds is 17. The lowest BCUT2D eigenvalue weighted by Gasteiger charge is -2.25. The number of anilines is 9. The predicted molar refractivity (Wildman–Crippen MR) is 582 cm³/mol. The van der Waals surface area contributed by atoms with E-state index in [4.69, 9.17) is 23.8 Å². The van der Waals surface area contributed by atoms with E-state index in [-0.39, 0.29) is 0 Å². The molecule has 0 aliphatic heterocycles. The summed E-state index contributed by atoms with van der Waals surface area (Å²) in [5.74, 6) is 2.54. The number of furan rings is 2. The van der Waals surface area contributed by atoms with Crippen molar-refractivity contribution in [3.8, 4) is 72.7 Å². The van der Waals surface area contributed by atoms with E-state index >= 15 is 0 Å². The van der Waals surface area contributed by atoms with Crippen LogP contribution in [-0.2, 0) is 0 Å². The molecule has 11 heteroatoms. The molecule has 0 spiro atoms. The molecule has 0 aliphatic carbocycles. The van der Waals surface area contributed by atoms with Crippen LogP contribution in [0.3, 0.4) is 0 Å². The molecule has 0 N–H and O–H groups in total. The number of benzene rings is 19. The summed E-state index contributed by atoms with van der Waals surface area (Å²) >= 11 is 0. The number of para-hydroxylation sites is 7. The Kier molecular flexibility index (Phi) is 21.4. The normalized spacial score (nSPS) is 11.4. The van der Waals surface area contributed by atoms with Crippen LogP contribution in [0.4, 0.5) is 51.6 Å². The first kappa shape index (κ1) is 82.9. The van der Waals surface area contributed by atoms with E-state index < -0.39 is 0 Å². The van der Waals surface area contributed by atoms with Crippen LogP contribution in [0.15, 0.2) is 537 Å². The van der Waals surface area contributed by atoms with Crippen LogP contribution in [-0.4, -0.2) is 28.7 Å². The van der Waals surface area contributed by atoms with Gasteiger partial charge in [0.15, 0.2) is 0 Å². The molecular formula is C129H87N9O2. The second-order valence-corrected chi connectivity index (χ2v) is 35.0. The van der Waals surface area contributed by atoms with Gasteiger partial charge in [0.05, 0.1) is 33.1 Å².